The van der Waals surface area contributed by atoms with Crippen molar-refractivity contribution in [1.29, 1.82) is 0 Å². The average Bonchev–Trinajstić information content (AvgIpc) is 2.56. The Labute approximate surface area is 151 Å². The van der Waals surface area contributed by atoms with E-state index in [1.807, 2.05) is 30.3 Å². The molecule has 0 aliphatic heterocycles. The first-order chi connectivity index (χ1) is 11.4. The van der Waals surface area contributed by atoms with E-state index in [0.717, 1.165) is 16.9 Å². The van der Waals surface area contributed by atoms with Crippen LogP contribution in [0.15, 0.2) is 42.5 Å². The van der Waals surface area contributed by atoms with Gasteiger partial charge in [0.15, 0.2) is 0 Å². The van der Waals surface area contributed by atoms with E-state index in [1.165, 1.54) is 0 Å². The van der Waals surface area contributed by atoms with E-state index in [2.05, 4.69) is 0 Å². The Balaban J connectivity index is 1.92. The second kappa shape index (κ2) is 8.38. The molecule has 0 amide bonds. The molecular weight excluding hydrogens is 349 g/mol. The predicted octanol–water partition coefficient (Wildman–Crippen LogP) is 4.48. The Bertz CT molecular complexity index is 704. The minimum atomic E-state index is -0.834. The molecule has 6 heteroatoms. The maximum atomic E-state index is 11.0. The molecule has 0 saturated heterocycles. The Morgan fingerprint density at radius 2 is 1.75 bits per heavy atom. The molecule has 0 aromatic heterocycles. The molecule has 0 saturated carbocycles. The summed E-state index contributed by atoms with van der Waals surface area (Å²) in [6, 6.07) is 12.4. The highest BCUT2D eigenvalue weighted by Gasteiger charge is 2.16. The highest BCUT2D eigenvalue weighted by Crippen LogP contribution is 2.23. The summed E-state index contributed by atoms with van der Waals surface area (Å²) in [5.74, 6) is -0.0992. The summed E-state index contributed by atoms with van der Waals surface area (Å²) < 4.78 is 5.72. The maximum Gasteiger partial charge on any atom is 0.320 e. The number of likely N-dealkylation sites (N-methyl/N-ethyl adjacent to an activating group) is 1. The predicted molar refractivity (Wildman–Crippen MR) is 95.8 cm³/mol. The first-order valence-corrected chi connectivity index (χ1v) is 8.21. The third-order valence-corrected chi connectivity index (χ3v) is 4.50. The van der Waals surface area contributed by atoms with Gasteiger partial charge in [-0.25, -0.2) is 0 Å². The van der Waals surface area contributed by atoms with Crippen molar-refractivity contribution in [2.75, 3.05) is 7.05 Å². The lowest BCUT2D eigenvalue weighted by molar-refractivity contribution is -0.142. The van der Waals surface area contributed by atoms with Crippen LogP contribution in [0, 0.1) is 0 Å². The second-order valence-corrected chi connectivity index (χ2v) is 6.42. The van der Waals surface area contributed by atoms with Gasteiger partial charge < -0.3 is 9.84 Å². The molecule has 0 radical (unpaired) electrons. The second-order valence-electron chi connectivity index (χ2n) is 5.61. The number of halogens is 2. The fourth-order valence-electron chi connectivity index (χ4n) is 2.10. The van der Waals surface area contributed by atoms with Crippen LogP contribution in [0.5, 0.6) is 5.75 Å². The van der Waals surface area contributed by atoms with Crippen molar-refractivity contribution in [2.24, 2.45) is 0 Å². The Morgan fingerprint density at radius 3 is 2.33 bits per heavy atom. The zero-order valence-corrected chi connectivity index (χ0v) is 15.0. The molecule has 0 heterocycles. The monoisotopic (exact) mass is 367 g/mol. The van der Waals surface area contributed by atoms with Crippen molar-refractivity contribution in [3.63, 3.8) is 0 Å². The van der Waals surface area contributed by atoms with Crippen molar-refractivity contribution < 1.29 is 14.6 Å². The van der Waals surface area contributed by atoms with Crippen LogP contribution in [0.25, 0.3) is 0 Å². The largest absolute Gasteiger partial charge is 0.489 e. The summed E-state index contributed by atoms with van der Waals surface area (Å²) in [6.45, 7) is 2.61. The van der Waals surface area contributed by atoms with Crippen LogP contribution in [-0.4, -0.2) is 29.1 Å². The van der Waals surface area contributed by atoms with E-state index < -0.39 is 12.0 Å². The molecule has 0 bridgehead atoms. The van der Waals surface area contributed by atoms with E-state index in [9.17, 15) is 4.79 Å². The summed E-state index contributed by atoms with van der Waals surface area (Å²) in [6.07, 6.45) is 0. The van der Waals surface area contributed by atoms with Gasteiger partial charge in [-0.1, -0.05) is 41.4 Å². The Morgan fingerprint density at radius 1 is 1.12 bits per heavy atom. The zero-order chi connectivity index (χ0) is 17.7. The number of carbonyl (C=O) groups is 1. The number of aliphatic carboxylic acids is 1. The molecule has 2 aromatic rings. The van der Waals surface area contributed by atoms with Gasteiger partial charge in [0.2, 0.25) is 0 Å². The number of hydrogen-bond acceptors (Lipinski definition) is 3. The number of rotatable bonds is 7. The number of benzene rings is 2. The quantitative estimate of drug-likeness (QED) is 0.783. The minimum Gasteiger partial charge on any atom is -0.489 e. The summed E-state index contributed by atoms with van der Waals surface area (Å²) in [5, 5.41) is 10.0. The van der Waals surface area contributed by atoms with Gasteiger partial charge in [0.25, 0.3) is 0 Å². The van der Waals surface area contributed by atoms with Crippen LogP contribution in [0.2, 0.25) is 10.0 Å². The van der Waals surface area contributed by atoms with Crippen LogP contribution in [-0.2, 0) is 17.9 Å². The summed E-state index contributed by atoms with van der Waals surface area (Å²) in [4.78, 5) is 12.7. The molecule has 2 rings (SSSR count). The van der Waals surface area contributed by atoms with Crippen LogP contribution in [0.1, 0.15) is 18.1 Å². The molecule has 2 aromatic carbocycles. The van der Waals surface area contributed by atoms with Crippen LogP contribution < -0.4 is 4.74 Å². The fraction of sp³-hybridized carbons (Fsp3) is 0.278. The molecule has 24 heavy (non-hydrogen) atoms. The van der Waals surface area contributed by atoms with Crippen molar-refractivity contribution in [2.45, 2.75) is 26.1 Å². The van der Waals surface area contributed by atoms with Crippen LogP contribution >= 0.6 is 23.2 Å². The summed E-state index contributed by atoms with van der Waals surface area (Å²) in [7, 11) is 1.79. The molecule has 0 aliphatic carbocycles. The maximum absolute atomic E-state index is 11.0. The average molecular weight is 368 g/mol. The molecule has 1 atom stereocenters. The number of hydrogen-bond donors (Lipinski definition) is 1. The minimum absolute atomic E-state index is 0.395. The molecule has 1 unspecified atom stereocenters. The van der Waals surface area contributed by atoms with Crippen molar-refractivity contribution in [3.8, 4) is 5.75 Å². The van der Waals surface area contributed by atoms with Crippen LogP contribution in [0.4, 0.5) is 0 Å². The topological polar surface area (TPSA) is 49.8 Å². The smallest absolute Gasteiger partial charge is 0.320 e. The molecule has 0 aliphatic rings. The highest BCUT2D eigenvalue weighted by atomic mass is 35.5. The van der Waals surface area contributed by atoms with Gasteiger partial charge in [-0.2, -0.15) is 0 Å². The SMILES string of the molecule is CC(C(=O)O)N(C)Cc1ccc(OCc2ccc(Cl)c(Cl)c2)cc1. The number of nitrogens with zero attached hydrogens (tertiary/aromatic N) is 1. The highest BCUT2D eigenvalue weighted by molar-refractivity contribution is 6.42. The first-order valence-electron chi connectivity index (χ1n) is 7.45. The van der Waals surface area contributed by atoms with Crippen molar-refractivity contribution in [3.05, 3.63) is 63.6 Å². The van der Waals surface area contributed by atoms with Crippen LogP contribution in [0.3, 0.4) is 0 Å². The van der Waals surface area contributed by atoms with E-state index in [1.54, 1.807) is 31.0 Å². The lowest BCUT2D eigenvalue weighted by Crippen LogP contribution is -2.35. The van der Waals surface area contributed by atoms with E-state index in [0.29, 0.717) is 23.2 Å². The molecule has 128 valence electrons. The number of carboxylic acid groups (broad SMARTS) is 1. The summed E-state index contributed by atoms with van der Waals surface area (Å²) in [5.41, 5.74) is 1.95. The van der Waals surface area contributed by atoms with Gasteiger partial charge in [-0.3, -0.25) is 9.69 Å². The standard InChI is InChI=1S/C18H19Cl2NO3/c1-12(18(22)23)21(2)10-13-3-6-15(7-4-13)24-11-14-5-8-16(19)17(20)9-14/h3-9,12H,10-11H2,1-2H3,(H,22,23). The lowest BCUT2D eigenvalue weighted by Gasteiger charge is -2.21. The molecule has 0 fully saturated rings. The fourth-order valence-corrected chi connectivity index (χ4v) is 2.42. The molecule has 1 N–H and O–H groups in total. The van der Waals surface area contributed by atoms with E-state index in [-0.39, 0.29) is 0 Å². The van der Waals surface area contributed by atoms with Crippen molar-refractivity contribution >= 4 is 29.2 Å². The zero-order valence-electron chi connectivity index (χ0n) is 13.5. The number of ether oxygens (including phenoxy) is 1. The molecule has 0 spiro atoms. The third-order valence-electron chi connectivity index (χ3n) is 3.76. The summed E-state index contributed by atoms with van der Waals surface area (Å²) >= 11 is 11.9. The van der Waals surface area contributed by atoms with E-state index >= 15 is 0 Å². The number of carboxylic acids is 1. The molecule has 4 nitrogen and oxygen atoms in total. The van der Waals surface area contributed by atoms with Gasteiger partial charge in [-0.05, 0) is 49.4 Å². The van der Waals surface area contributed by atoms with Crippen molar-refractivity contribution in [1.82, 2.24) is 4.90 Å². The normalized spacial score (nSPS) is 12.2. The van der Waals surface area contributed by atoms with E-state index in [4.69, 9.17) is 33.0 Å². The first kappa shape index (κ1) is 18.6. The van der Waals surface area contributed by atoms with Gasteiger partial charge in [0.1, 0.15) is 18.4 Å². The Kier molecular flexibility index (Phi) is 6.49. The van der Waals surface area contributed by atoms with Gasteiger partial charge in [0, 0.05) is 6.54 Å². The van der Waals surface area contributed by atoms with Gasteiger partial charge in [-0.15, -0.1) is 0 Å². The molecular formula is C18H19Cl2NO3. The van der Waals surface area contributed by atoms with Gasteiger partial charge >= 0.3 is 5.97 Å². The lowest BCUT2D eigenvalue weighted by atomic mass is 10.2. The Hall–Kier alpha value is -1.75. The third kappa shape index (κ3) is 5.13. The van der Waals surface area contributed by atoms with Gasteiger partial charge in [0.05, 0.1) is 10.0 Å².